The van der Waals surface area contributed by atoms with E-state index in [4.69, 9.17) is 15.0 Å². The van der Waals surface area contributed by atoms with Gasteiger partial charge in [-0.2, -0.15) is 0 Å². The maximum Gasteiger partial charge on any atom is 0.164 e. The predicted molar refractivity (Wildman–Crippen MR) is 314 cm³/mol. The summed E-state index contributed by atoms with van der Waals surface area (Å²) in [7, 11) is 0. The van der Waals surface area contributed by atoms with Crippen molar-refractivity contribution >= 4 is 75.1 Å². The first-order valence-corrected chi connectivity index (χ1v) is 26.2. The summed E-state index contributed by atoms with van der Waals surface area (Å²) >= 11 is 1.86. The lowest BCUT2D eigenvalue weighted by molar-refractivity contribution is 1.08. The maximum absolute atomic E-state index is 5.40. The van der Waals surface area contributed by atoms with E-state index in [1.54, 1.807) is 0 Å². The van der Waals surface area contributed by atoms with E-state index in [0.29, 0.717) is 17.5 Å². The molecule has 0 radical (unpaired) electrons. The summed E-state index contributed by atoms with van der Waals surface area (Å²) in [6.07, 6.45) is 0. The van der Waals surface area contributed by atoms with Gasteiger partial charge in [0, 0.05) is 65.1 Å². The summed E-state index contributed by atoms with van der Waals surface area (Å²) in [6, 6.07) is 93.3. The van der Waals surface area contributed by atoms with Crippen LogP contribution in [0.15, 0.2) is 261 Å². The number of hydrogen-bond donors (Lipinski definition) is 0. The molecule has 15 aromatic rings. The number of aromatic nitrogens is 5. The Bertz CT molecular complexity index is 4620. The summed E-state index contributed by atoms with van der Waals surface area (Å²) < 4.78 is 7.33. The fourth-order valence-corrected chi connectivity index (χ4v) is 12.5. The van der Waals surface area contributed by atoms with Crippen molar-refractivity contribution in [3.8, 4) is 78.9 Å². The fourth-order valence-electron chi connectivity index (χ4n) is 11.3. The Morgan fingerprint density at radius 1 is 0.280 bits per heavy atom. The van der Waals surface area contributed by atoms with Gasteiger partial charge in [0.1, 0.15) is 0 Å². The van der Waals surface area contributed by atoms with Gasteiger partial charge in [0.05, 0.1) is 26.8 Å². The molecule has 0 aliphatic rings. The van der Waals surface area contributed by atoms with Crippen molar-refractivity contribution in [1.82, 2.24) is 24.1 Å². The maximum atomic E-state index is 5.40. The summed E-state index contributed by atoms with van der Waals surface area (Å²) in [6.45, 7) is 0. The highest BCUT2D eigenvalue weighted by atomic mass is 32.1. The first kappa shape index (κ1) is 42.9. The van der Waals surface area contributed by atoms with Crippen molar-refractivity contribution in [2.45, 2.75) is 0 Å². The lowest BCUT2D eigenvalue weighted by atomic mass is 9.98. The molecular weight excluding hydrogens is 931 g/mol. The smallest absolute Gasteiger partial charge is 0.164 e. The van der Waals surface area contributed by atoms with Gasteiger partial charge in [-0.3, -0.25) is 0 Å². The Labute approximate surface area is 436 Å². The minimum atomic E-state index is 0.612. The van der Waals surface area contributed by atoms with Crippen LogP contribution in [0.4, 0.5) is 0 Å². The topological polar surface area (TPSA) is 48.5 Å². The van der Waals surface area contributed by atoms with Crippen molar-refractivity contribution in [3.05, 3.63) is 261 Å². The Balaban J connectivity index is 0.918. The van der Waals surface area contributed by atoms with Crippen LogP contribution in [0.25, 0.3) is 143 Å². The van der Waals surface area contributed by atoms with Crippen LogP contribution >= 0.6 is 11.3 Å². The minimum absolute atomic E-state index is 0.612. The van der Waals surface area contributed by atoms with Gasteiger partial charge < -0.3 is 9.13 Å². The van der Waals surface area contributed by atoms with E-state index in [9.17, 15) is 0 Å². The molecule has 0 N–H and O–H groups in total. The van der Waals surface area contributed by atoms with Crippen LogP contribution in [0.3, 0.4) is 0 Å². The molecular formula is C69H43N5S. The second-order valence-electron chi connectivity index (χ2n) is 19.1. The summed E-state index contributed by atoms with van der Waals surface area (Å²) in [4.78, 5) is 16.0. The highest BCUT2D eigenvalue weighted by Gasteiger charge is 2.23. The van der Waals surface area contributed by atoms with Gasteiger partial charge in [-0.1, -0.05) is 206 Å². The van der Waals surface area contributed by atoms with Crippen LogP contribution in [0, 0.1) is 0 Å². The summed E-state index contributed by atoms with van der Waals surface area (Å²) in [5, 5.41) is 7.21. The van der Waals surface area contributed by atoms with E-state index in [-0.39, 0.29) is 0 Å². The predicted octanol–water partition coefficient (Wildman–Crippen LogP) is 18.4. The third-order valence-corrected chi connectivity index (χ3v) is 16.0. The number of nitrogens with zero attached hydrogens (tertiary/aromatic N) is 5. The molecule has 0 aliphatic carbocycles. The molecule has 0 atom stereocenters. The second-order valence-corrected chi connectivity index (χ2v) is 20.2. The van der Waals surface area contributed by atoms with Crippen molar-refractivity contribution in [2.75, 3.05) is 0 Å². The molecule has 6 heteroatoms. The highest BCUT2D eigenvalue weighted by Crippen LogP contribution is 2.46. The first-order valence-electron chi connectivity index (χ1n) is 25.3. The largest absolute Gasteiger partial charge is 0.309 e. The Hall–Kier alpha value is -9.75. The van der Waals surface area contributed by atoms with Gasteiger partial charge in [-0.05, 0) is 88.0 Å². The summed E-state index contributed by atoms with van der Waals surface area (Å²) in [5.41, 5.74) is 16.6. The van der Waals surface area contributed by atoms with Gasteiger partial charge in [0.15, 0.2) is 17.5 Å². The quantitative estimate of drug-likeness (QED) is 0.152. The van der Waals surface area contributed by atoms with Gasteiger partial charge >= 0.3 is 0 Å². The Morgan fingerprint density at radius 3 is 1.40 bits per heavy atom. The standard InChI is InChI=1S/C69H43N5S/c1-4-16-44(17-5-1)46-30-34-48(35-31-46)67-70-68(49-36-32-47(33-37-49)51-21-14-20-50(42-51)45-18-6-2-7-19-45)72-69(71-67)58-26-15-29-62-64(58)57-40-39-56-59-43-53(73-60-27-12-10-24-54(60)55-25-11-13-28-61(55)73)38-41-63(59)75-66(56)65(57)74(62)52-22-8-3-9-23-52/h1-43H. The number of hydrogen-bond acceptors (Lipinski definition) is 4. The highest BCUT2D eigenvalue weighted by molar-refractivity contribution is 7.26. The van der Waals surface area contributed by atoms with E-state index >= 15 is 0 Å². The lowest BCUT2D eigenvalue weighted by Crippen LogP contribution is -2.00. The molecule has 0 bridgehead atoms. The van der Waals surface area contributed by atoms with E-state index in [1.165, 1.54) is 58.6 Å². The molecule has 0 spiro atoms. The molecule has 4 heterocycles. The molecule has 75 heavy (non-hydrogen) atoms. The zero-order chi connectivity index (χ0) is 49.4. The Morgan fingerprint density at radius 2 is 0.760 bits per heavy atom. The SMILES string of the molecule is c1ccc(-c2ccc(-c3nc(-c4ccc(-c5cccc(-c6ccccc6)c5)cc4)nc(-c4cccc5c4c4ccc6c7cc(-n8c9ccccc9c9ccccc98)ccc7sc6c4n5-c4ccccc4)n3)cc2)cc1. The van der Waals surface area contributed by atoms with Crippen LogP contribution in [0.5, 0.6) is 0 Å². The van der Waals surface area contributed by atoms with E-state index in [1.807, 2.05) is 17.4 Å². The molecule has 0 amide bonds. The zero-order valence-corrected chi connectivity index (χ0v) is 41.3. The van der Waals surface area contributed by atoms with Crippen LogP contribution in [0.1, 0.15) is 0 Å². The number of thiophene rings is 1. The molecule has 0 fully saturated rings. The normalized spacial score (nSPS) is 11.7. The minimum Gasteiger partial charge on any atom is -0.309 e. The second kappa shape index (κ2) is 17.5. The molecule has 11 aromatic carbocycles. The lowest BCUT2D eigenvalue weighted by Gasteiger charge is -2.11. The van der Waals surface area contributed by atoms with E-state index in [2.05, 4.69) is 264 Å². The number of benzene rings is 11. The molecule has 4 aromatic heterocycles. The first-order chi connectivity index (χ1) is 37.2. The molecule has 5 nitrogen and oxygen atoms in total. The van der Waals surface area contributed by atoms with E-state index < -0.39 is 0 Å². The Kier molecular flexibility index (Phi) is 10.00. The third kappa shape index (κ3) is 7.18. The molecule has 0 unspecified atom stereocenters. The number of para-hydroxylation sites is 3. The van der Waals surface area contributed by atoms with Crippen LogP contribution in [-0.4, -0.2) is 24.1 Å². The average Bonchev–Trinajstić information content (AvgIpc) is 4.16. The summed E-state index contributed by atoms with van der Waals surface area (Å²) in [5.74, 6) is 1.84. The third-order valence-electron chi connectivity index (χ3n) is 14.8. The van der Waals surface area contributed by atoms with E-state index in [0.717, 1.165) is 66.6 Å². The van der Waals surface area contributed by atoms with Gasteiger partial charge in [-0.25, -0.2) is 15.0 Å². The van der Waals surface area contributed by atoms with Gasteiger partial charge in [-0.15, -0.1) is 11.3 Å². The number of rotatable bonds is 8. The van der Waals surface area contributed by atoms with Crippen LogP contribution in [-0.2, 0) is 0 Å². The van der Waals surface area contributed by atoms with Crippen LogP contribution < -0.4 is 0 Å². The average molecular weight is 974 g/mol. The monoisotopic (exact) mass is 973 g/mol. The van der Waals surface area contributed by atoms with Crippen molar-refractivity contribution in [2.24, 2.45) is 0 Å². The molecule has 0 aliphatic heterocycles. The van der Waals surface area contributed by atoms with Crippen molar-refractivity contribution in [1.29, 1.82) is 0 Å². The molecule has 350 valence electrons. The number of fused-ring (bicyclic) bond motifs is 10. The fraction of sp³-hybridized carbons (Fsp3) is 0. The zero-order valence-electron chi connectivity index (χ0n) is 40.5. The van der Waals surface area contributed by atoms with Crippen molar-refractivity contribution in [3.63, 3.8) is 0 Å². The molecule has 0 saturated heterocycles. The van der Waals surface area contributed by atoms with Gasteiger partial charge in [0.25, 0.3) is 0 Å². The molecule has 15 rings (SSSR count). The molecule has 0 saturated carbocycles. The van der Waals surface area contributed by atoms with Crippen LogP contribution in [0.2, 0.25) is 0 Å². The van der Waals surface area contributed by atoms with Gasteiger partial charge in [0.2, 0.25) is 0 Å². The van der Waals surface area contributed by atoms with Crippen molar-refractivity contribution < 1.29 is 0 Å².